The van der Waals surface area contributed by atoms with Gasteiger partial charge in [0.05, 0.1) is 0 Å². The molecular formula is C20H22Cl2N4O4. The van der Waals surface area contributed by atoms with E-state index in [0.29, 0.717) is 30.2 Å². The Morgan fingerprint density at radius 3 is 1.87 bits per heavy atom. The molecule has 10 heteroatoms. The minimum Gasteiger partial charge on any atom is -0.299 e. The first kappa shape index (κ1) is 25.2. The standard InChI is InChI=1S/2C10H11ClN2O2/c1-3-13(10(11)14)8-5-4-7(2)9(6-8)12-15;1-3-13(10(11)14)9-6-8(12-15)5-4-7(9)2/h2*4-6H,3H2,1-2H3. The van der Waals surface area contributed by atoms with E-state index in [1.54, 1.807) is 57.2 Å². The molecule has 0 aromatic heterocycles. The third-order valence-corrected chi connectivity index (χ3v) is 4.66. The number of carbonyl (C=O) groups is 2. The van der Waals surface area contributed by atoms with Crippen LogP contribution in [0.2, 0.25) is 0 Å². The first-order valence-electron chi connectivity index (χ1n) is 9.02. The summed E-state index contributed by atoms with van der Waals surface area (Å²) in [5.74, 6) is 0. The molecule has 0 aliphatic carbocycles. The van der Waals surface area contributed by atoms with Gasteiger partial charge in [-0.2, -0.15) is 0 Å². The van der Waals surface area contributed by atoms with Gasteiger partial charge in [0.25, 0.3) is 0 Å². The Labute approximate surface area is 184 Å². The van der Waals surface area contributed by atoms with Crippen LogP contribution in [0, 0.1) is 23.7 Å². The molecule has 8 nitrogen and oxygen atoms in total. The van der Waals surface area contributed by atoms with Crippen molar-refractivity contribution in [1.29, 1.82) is 0 Å². The van der Waals surface area contributed by atoms with Crippen molar-refractivity contribution in [3.8, 4) is 0 Å². The summed E-state index contributed by atoms with van der Waals surface area (Å²) in [7, 11) is 0. The molecule has 0 spiro atoms. The molecule has 0 fully saturated rings. The SMILES string of the molecule is CCN(C(=O)Cl)c1cc(N=O)ccc1C.CCN(C(=O)Cl)c1ccc(C)c(N=O)c1. The highest BCUT2D eigenvalue weighted by atomic mass is 35.5. The zero-order valence-electron chi connectivity index (χ0n) is 17.1. The van der Waals surface area contributed by atoms with Crippen molar-refractivity contribution >= 4 is 56.7 Å². The average Bonchev–Trinajstić information content (AvgIpc) is 2.71. The van der Waals surface area contributed by atoms with Gasteiger partial charge >= 0.3 is 10.7 Å². The molecule has 0 unspecified atom stereocenters. The van der Waals surface area contributed by atoms with Gasteiger partial charge in [0.2, 0.25) is 0 Å². The number of nitroso groups, excluding NO2 is 2. The van der Waals surface area contributed by atoms with E-state index in [9.17, 15) is 19.4 Å². The summed E-state index contributed by atoms with van der Waals surface area (Å²) < 4.78 is 0. The van der Waals surface area contributed by atoms with E-state index in [0.717, 1.165) is 11.1 Å². The maximum Gasteiger partial charge on any atom is 0.320 e. The topological polar surface area (TPSA) is 99.5 Å². The number of hydrogen-bond acceptors (Lipinski definition) is 6. The van der Waals surface area contributed by atoms with Crippen LogP contribution < -0.4 is 9.80 Å². The lowest BCUT2D eigenvalue weighted by Crippen LogP contribution is -2.25. The third kappa shape index (κ3) is 6.60. The summed E-state index contributed by atoms with van der Waals surface area (Å²) in [5.41, 5.74) is 3.45. The number of hydrogen-bond donors (Lipinski definition) is 0. The van der Waals surface area contributed by atoms with Crippen LogP contribution in [0.25, 0.3) is 0 Å². The van der Waals surface area contributed by atoms with Gasteiger partial charge in [-0.15, -0.1) is 9.81 Å². The van der Waals surface area contributed by atoms with E-state index in [1.807, 2.05) is 6.92 Å². The molecule has 0 saturated heterocycles. The molecule has 2 aromatic carbocycles. The lowest BCUT2D eigenvalue weighted by molar-refractivity contribution is 0.263. The smallest absolute Gasteiger partial charge is 0.299 e. The second-order valence-electron chi connectivity index (χ2n) is 6.12. The van der Waals surface area contributed by atoms with Crippen LogP contribution in [0.5, 0.6) is 0 Å². The highest BCUT2D eigenvalue weighted by Gasteiger charge is 2.14. The number of amides is 2. The molecule has 0 aliphatic heterocycles. The molecule has 160 valence electrons. The molecule has 0 heterocycles. The lowest BCUT2D eigenvalue weighted by Gasteiger charge is -2.19. The largest absolute Gasteiger partial charge is 0.320 e. The first-order valence-corrected chi connectivity index (χ1v) is 9.77. The molecule has 0 N–H and O–H groups in total. The molecule has 30 heavy (non-hydrogen) atoms. The van der Waals surface area contributed by atoms with Crippen LogP contribution in [0.3, 0.4) is 0 Å². The Kier molecular flexibility index (Phi) is 10.1. The number of nitrogens with zero attached hydrogens (tertiary/aromatic N) is 4. The zero-order valence-corrected chi connectivity index (χ0v) is 18.6. The fraction of sp³-hybridized carbons (Fsp3) is 0.300. The molecule has 2 aromatic rings. The summed E-state index contributed by atoms with van der Waals surface area (Å²) in [6.07, 6.45) is 0. The Balaban J connectivity index is 0.000000300. The highest BCUT2D eigenvalue weighted by Crippen LogP contribution is 2.27. The van der Waals surface area contributed by atoms with E-state index < -0.39 is 10.7 Å². The predicted octanol–water partition coefficient (Wildman–Crippen LogP) is 7.16. The van der Waals surface area contributed by atoms with E-state index in [-0.39, 0.29) is 5.69 Å². The van der Waals surface area contributed by atoms with Gasteiger partial charge in [0, 0.05) is 24.5 Å². The van der Waals surface area contributed by atoms with Crippen LogP contribution >= 0.6 is 23.2 Å². The first-order chi connectivity index (χ1) is 14.2. The zero-order chi connectivity index (χ0) is 22.8. The summed E-state index contributed by atoms with van der Waals surface area (Å²) in [6.45, 7) is 8.12. The quantitative estimate of drug-likeness (QED) is 0.263. The monoisotopic (exact) mass is 452 g/mol. The number of aryl methyl sites for hydroxylation is 2. The highest BCUT2D eigenvalue weighted by molar-refractivity contribution is 6.66. The maximum atomic E-state index is 11.1. The average molecular weight is 453 g/mol. The van der Waals surface area contributed by atoms with E-state index in [1.165, 1.54) is 9.80 Å². The molecule has 2 amide bonds. The van der Waals surface area contributed by atoms with Crippen molar-refractivity contribution in [2.24, 2.45) is 10.4 Å². The number of anilines is 2. The van der Waals surface area contributed by atoms with Crippen LogP contribution in [-0.4, -0.2) is 23.8 Å². The van der Waals surface area contributed by atoms with Gasteiger partial charge < -0.3 is 0 Å². The van der Waals surface area contributed by atoms with Crippen molar-refractivity contribution < 1.29 is 9.59 Å². The van der Waals surface area contributed by atoms with Gasteiger partial charge in [-0.3, -0.25) is 19.4 Å². The van der Waals surface area contributed by atoms with Gasteiger partial charge in [0.15, 0.2) is 0 Å². The van der Waals surface area contributed by atoms with Gasteiger partial charge in [-0.05, 0) is 96.6 Å². The predicted molar refractivity (Wildman–Crippen MR) is 122 cm³/mol. The minimum atomic E-state index is -0.571. The van der Waals surface area contributed by atoms with Crippen molar-refractivity contribution in [3.05, 3.63) is 57.3 Å². The molecule has 0 bridgehead atoms. The molecule has 0 atom stereocenters. The molecule has 2 rings (SSSR count). The Hall–Kier alpha value is -2.84. The van der Waals surface area contributed by atoms with Gasteiger partial charge in [-0.1, -0.05) is 12.1 Å². The second kappa shape index (κ2) is 12.0. The number of carbonyl (C=O) groups excluding carboxylic acids is 2. The maximum absolute atomic E-state index is 11.1. The fourth-order valence-corrected chi connectivity index (χ4v) is 3.03. The Morgan fingerprint density at radius 1 is 0.833 bits per heavy atom. The van der Waals surface area contributed by atoms with E-state index >= 15 is 0 Å². The van der Waals surface area contributed by atoms with Crippen LogP contribution in [0.15, 0.2) is 46.8 Å². The van der Waals surface area contributed by atoms with Crippen LogP contribution in [-0.2, 0) is 0 Å². The van der Waals surface area contributed by atoms with Crippen molar-refractivity contribution in [1.82, 2.24) is 0 Å². The van der Waals surface area contributed by atoms with Crippen molar-refractivity contribution in [2.75, 3.05) is 22.9 Å². The van der Waals surface area contributed by atoms with Gasteiger partial charge in [-0.25, -0.2) is 0 Å². The number of rotatable bonds is 6. The van der Waals surface area contributed by atoms with E-state index in [2.05, 4.69) is 10.4 Å². The van der Waals surface area contributed by atoms with Crippen LogP contribution in [0.4, 0.5) is 32.3 Å². The number of halogens is 2. The van der Waals surface area contributed by atoms with E-state index in [4.69, 9.17) is 23.2 Å². The Morgan fingerprint density at radius 2 is 1.40 bits per heavy atom. The minimum absolute atomic E-state index is 0.284. The lowest BCUT2D eigenvalue weighted by atomic mass is 10.1. The summed E-state index contributed by atoms with van der Waals surface area (Å²) in [6, 6.07) is 9.88. The molecule has 0 radical (unpaired) electrons. The molecular weight excluding hydrogens is 431 g/mol. The molecule has 0 saturated carbocycles. The van der Waals surface area contributed by atoms with Crippen molar-refractivity contribution in [2.45, 2.75) is 27.7 Å². The summed E-state index contributed by atoms with van der Waals surface area (Å²) in [4.78, 5) is 45.7. The van der Waals surface area contributed by atoms with Crippen molar-refractivity contribution in [3.63, 3.8) is 0 Å². The normalized spacial score (nSPS) is 9.80. The third-order valence-electron chi connectivity index (χ3n) is 4.25. The molecule has 0 aliphatic rings. The summed E-state index contributed by atoms with van der Waals surface area (Å²) >= 11 is 10.8. The summed E-state index contributed by atoms with van der Waals surface area (Å²) in [5, 5.41) is 4.56. The Bertz CT molecular complexity index is 937. The fourth-order valence-electron chi connectivity index (χ4n) is 2.61. The van der Waals surface area contributed by atoms with Crippen LogP contribution in [0.1, 0.15) is 25.0 Å². The number of benzene rings is 2. The second-order valence-corrected chi connectivity index (χ2v) is 6.77. The van der Waals surface area contributed by atoms with Gasteiger partial charge in [0.1, 0.15) is 11.4 Å².